The highest BCUT2D eigenvalue weighted by Crippen LogP contribution is 2.35. The minimum atomic E-state index is -3.93. The highest BCUT2D eigenvalue weighted by atomic mass is 32.2. The van der Waals surface area contributed by atoms with E-state index in [-0.39, 0.29) is 16.3 Å². The summed E-state index contributed by atoms with van der Waals surface area (Å²) in [7, 11) is -3.93. The predicted molar refractivity (Wildman–Crippen MR) is 101 cm³/mol. The number of hydrogen-bond donors (Lipinski definition) is 1. The summed E-state index contributed by atoms with van der Waals surface area (Å²) in [4.78, 5) is 10.4. The molecule has 0 aliphatic carbocycles. The number of ether oxygens (including phenoxy) is 1. The normalized spacial score (nSPS) is 15.5. The van der Waals surface area contributed by atoms with E-state index in [1.54, 1.807) is 6.07 Å². The molecule has 0 radical (unpaired) electrons. The maximum Gasteiger partial charge on any atom is 0.271 e. The number of nitro benzene ring substituents is 1. The number of sulfonamides is 1. The van der Waals surface area contributed by atoms with Crippen molar-refractivity contribution in [3.63, 3.8) is 0 Å². The fraction of sp³-hybridized carbons (Fsp3) is 0.333. The highest BCUT2D eigenvalue weighted by Gasteiger charge is 2.31. The summed E-state index contributed by atoms with van der Waals surface area (Å²) in [5.74, 6) is 0.591. The van der Waals surface area contributed by atoms with Gasteiger partial charge in [-0.15, -0.1) is 0 Å². The maximum absolute atomic E-state index is 13.1. The number of non-ortho nitro benzene ring substituents is 1. The van der Waals surface area contributed by atoms with E-state index in [1.807, 2.05) is 26.0 Å². The fourth-order valence-electron chi connectivity index (χ4n) is 2.87. The Morgan fingerprint density at radius 3 is 2.48 bits per heavy atom. The molecule has 0 aromatic heterocycles. The molecular formula is C18H21N3O5S. The molecule has 3 rings (SSSR count). The van der Waals surface area contributed by atoms with Gasteiger partial charge in [-0.3, -0.25) is 10.1 Å². The molecule has 0 amide bonds. The average Bonchev–Trinajstić information content (AvgIpc) is 2.66. The summed E-state index contributed by atoms with van der Waals surface area (Å²) in [6.45, 7) is 5.46. The number of benzene rings is 2. The third-order valence-electron chi connectivity index (χ3n) is 4.61. The van der Waals surface area contributed by atoms with Crippen molar-refractivity contribution in [2.75, 3.05) is 26.2 Å². The molecule has 1 heterocycles. The zero-order valence-corrected chi connectivity index (χ0v) is 16.0. The number of rotatable bonds is 5. The van der Waals surface area contributed by atoms with Crippen LogP contribution in [-0.2, 0) is 10.0 Å². The number of aryl methyl sites for hydroxylation is 1. The molecule has 1 aliphatic rings. The van der Waals surface area contributed by atoms with Crippen LogP contribution in [-0.4, -0.2) is 43.8 Å². The molecule has 0 spiro atoms. The van der Waals surface area contributed by atoms with E-state index in [4.69, 9.17) is 4.74 Å². The summed E-state index contributed by atoms with van der Waals surface area (Å²) < 4.78 is 33.4. The Balaban J connectivity index is 2.08. The third kappa shape index (κ3) is 3.95. The van der Waals surface area contributed by atoms with Crippen molar-refractivity contribution in [3.05, 3.63) is 57.6 Å². The molecule has 9 heteroatoms. The second-order valence-electron chi connectivity index (χ2n) is 6.34. The first kappa shape index (κ1) is 19.3. The topological polar surface area (TPSA) is 102 Å². The van der Waals surface area contributed by atoms with Gasteiger partial charge in [0.2, 0.25) is 10.0 Å². The van der Waals surface area contributed by atoms with E-state index >= 15 is 0 Å². The van der Waals surface area contributed by atoms with Crippen molar-refractivity contribution in [2.24, 2.45) is 0 Å². The third-order valence-corrected chi connectivity index (χ3v) is 6.53. The molecule has 0 unspecified atom stereocenters. The smallest absolute Gasteiger partial charge is 0.271 e. The Bertz CT molecular complexity index is 969. The van der Waals surface area contributed by atoms with E-state index in [1.165, 1.54) is 16.4 Å². The monoisotopic (exact) mass is 391 g/mol. The SMILES string of the molecule is Cc1cccc(Oc2ccc([N+](=O)[O-])cc2S(=O)(=O)N2CCNCC2)c1C. The lowest BCUT2D eigenvalue weighted by molar-refractivity contribution is -0.385. The van der Waals surface area contributed by atoms with Crippen LogP contribution in [0, 0.1) is 24.0 Å². The van der Waals surface area contributed by atoms with Crippen LogP contribution in [0.3, 0.4) is 0 Å². The van der Waals surface area contributed by atoms with E-state index in [9.17, 15) is 18.5 Å². The molecule has 144 valence electrons. The molecule has 2 aromatic rings. The number of nitrogens with one attached hydrogen (secondary N) is 1. The summed E-state index contributed by atoms with van der Waals surface area (Å²) in [6, 6.07) is 9.14. The second kappa shape index (κ2) is 7.63. The van der Waals surface area contributed by atoms with E-state index in [2.05, 4.69) is 5.32 Å². The van der Waals surface area contributed by atoms with Crippen molar-refractivity contribution in [1.29, 1.82) is 0 Å². The Hall–Kier alpha value is -2.49. The number of piperazine rings is 1. The molecule has 27 heavy (non-hydrogen) atoms. The van der Waals surface area contributed by atoms with Gasteiger partial charge < -0.3 is 10.1 Å². The van der Waals surface area contributed by atoms with Gasteiger partial charge in [-0.2, -0.15) is 4.31 Å². The van der Waals surface area contributed by atoms with Gasteiger partial charge in [-0.05, 0) is 37.1 Å². The van der Waals surface area contributed by atoms with Crippen LogP contribution in [0.1, 0.15) is 11.1 Å². The van der Waals surface area contributed by atoms with E-state index in [0.29, 0.717) is 31.9 Å². The zero-order chi connectivity index (χ0) is 19.6. The number of nitro groups is 1. The van der Waals surface area contributed by atoms with Crippen molar-refractivity contribution in [1.82, 2.24) is 9.62 Å². The standard InChI is InChI=1S/C18H21N3O5S/c1-13-4-3-5-16(14(13)2)26-17-7-6-15(21(22)23)12-18(17)27(24,25)20-10-8-19-9-11-20/h3-7,12,19H,8-11H2,1-2H3. The van der Waals surface area contributed by atoms with Crippen LogP contribution in [0.2, 0.25) is 0 Å². The Morgan fingerprint density at radius 1 is 1.11 bits per heavy atom. The Labute approximate surface area is 158 Å². The first-order chi connectivity index (χ1) is 12.8. The van der Waals surface area contributed by atoms with Gasteiger partial charge in [-0.25, -0.2) is 8.42 Å². The number of hydrogen-bond acceptors (Lipinski definition) is 6. The van der Waals surface area contributed by atoms with Crippen molar-refractivity contribution >= 4 is 15.7 Å². The lowest BCUT2D eigenvalue weighted by Gasteiger charge is -2.27. The molecule has 1 fully saturated rings. The second-order valence-corrected chi connectivity index (χ2v) is 8.25. The molecule has 0 saturated carbocycles. The van der Waals surface area contributed by atoms with Crippen LogP contribution >= 0.6 is 0 Å². The van der Waals surface area contributed by atoms with Crippen molar-refractivity contribution in [2.45, 2.75) is 18.7 Å². The van der Waals surface area contributed by atoms with Crippen LogP contribution in [0.25, 0.3) is 0 Å². The highest BCUT2D eigenvalue weighted by molar-refractivity contribution is 7.89. The molecule has 1 aliphatic heterocycles. The maximum atomic E-state index is 13.1. The molecule has 1 N–H and O–H groups in total. The predicted octanol–water partition coefficient (Wildman–Crippen LogP) is 2.60. The van der Waals surface area contributed by atoms with Crippen LogP contribution < -0.4 is 10.1 Å². The molecule has 0 atom stereocenters. The minimum Gasteiger partial charge on any atom is -0.456 e. The lowest BCUT2D eigenvalue weighted by Crippen LogP contribution is -2.46. The lowest BCUT2D eigenvalue weighted by atomic mass is 10.1. The number of nitrogens with zero attached hydrogens (tertiary/aromatic N) is 2. The molecule has 8 nitrogen and oxygen atoms in total. The summed E-state index contributed by atoms with van der Waals surface area (Å²) in [6.07, 6.45) is 0. The van der Waals surface area contributed by atoms with Gasteiger partial charge in [0, 0.05) is 38.3 Å². The first-order valence-corrected chi connectivity index (χ1v) is 9.98. The van der Waals surface area contributed by atoms with Gasteiger partial charge in [-0.1, -0.05) is 12.1 Å². The largest absolute Gasteiger partial charge is 0.456 e. The van der Waals surface area contributed by atoms with Crippen molar-refractivity contribution in [3.8, 4) is 11.5 Å². The van der Waals surface area contributed by atoms with Crippen molar-refractivity contribution < 1.29 is 18.1 Å². The van der Waals surface area contributed by atoms with E-state index < -0.39 is 14.9 Å². The molecule has 1 saturated heterocycles. The van der Waals surface area contributed by atoms with Crippen LogP contribution in [0.5, 0.6) is 11.5 Å². The minimum absolute atomic E-state index is 0.0767. The van der Waals surface area contributed by atoms with Gasteiger partial charge in [0.05, 0.1) is 4.92 Å². The van der Waals surface area contributed by atoms with E-state index in [0.717, 1.165) is 17.2 Å². The molecule has 2 aromatic carbocycles. The first-order valence-electron chi connectivity index (χ1n) is 8.54. The zero-order valence-electron chi connectivity index (χ0n) is 15.1. The summed E-state index contributed by atoms with van der Waals surface area (Å²) in [5.41, 5.74) is 1.58. The Morgan fingerprint density at radius 2 is 1.81 bits per heavy atom. The Kier molecular flexibility index (Phi) is 5.45. The van der Waals surface area contributed by atoms with Gasteiger partial charge in [0.15, 0.2) is 0 Å². The van der Waals surface area contributed by atoms with Crippen LogP contribution in [0.15, 0.2) is 41.3 Å². The molecule has 0 bridgehead atoms. The van der Waals surface area contributed by atoms with Gasteiger partial charge in [0.1, 0.15) is 16.4 Å². The van der Waals surface area contributed by atoms with Crippen LogP contribution in [0.4, 0.5) is 5.69 Å². The quantitative estimate of drug-likeness (QED) is 0.621. The molecular weight excluding hydrogens is 370 g/mol. The fourth-order valence-corrected chi connectivity index (χ4v) is 4.45. The summed E-state index contributed by atoms with van der Waals surface area (Å²) in [5, 5.41) is 14.3. The summed E-state index contributed by atoms with van der Waals surface area (Å²) >= 11 is 0. The van der Waals surface area contributed by atoms with Gasteiger partial charge >= 0.3 is 0 Å². The average molecular weight is 391 g/mol. The van der Waals surface area contributed by atoms with Gasteiger partial charge in [0.25, 0.3) is 5.69 Å².